The first-order chi connectivity index (χ1) is 8.83. The van der Waals surface area contributed by atoms with Gasteiger partial charge in [-0.15, -0.1) is 0 Å². The Morgan fingerprint density at radius 3 is 3.00 bits per heavy atom. The fourth-order valence-electron chi connectivity index (χ4n) is 1.69. The molecular weight excluding hydrogens is 230 g/mol. The highest BCUT2D eigenvalue weighted by atomic mass is 16.5. The van der Waals surface area contributed by atoms with Crippen LogP contribution < -0.4 is 5.32 Å². The van der Waals surface area contributed by atoms with E-state index >= 15 is 0 Å². The van der Waals surface area contributed by atoms with Gasteiger partial charge in [-0.3, -0.25) is 0 Å². The van der Waals surface area contributed by atoms with Gasteiger partial charge >= 0.3 is 0 Å². The monoisotopic (exact) mass is 255 g/mol. The van der Waals surface area contributed by atoms with Crippen LogP contribution in [0.1, 0.15) is 38.4 Å². The SMILES string of the molecule is CCCCCCNC[C@@H](O)COCc1ccco1. The molecular formula is C14H25NO3. The van der Waals surface area contributed by atoms with Crippen LogP contribution in [-0.4, -0.2) is 30.9 Å². The summed E-state index contributed by atoms with van der Waals surface area (Å²) in [6.07, 6.45) is 6.14. The van der Waals surface area contributed by atoms with Gasteiger partial charge in [-0.05, 0) is 25.1 Å². The number of nitrogens with one attached hydrogen (secondary N) is 1. The summed E-state index contributed by atoms with van der Waals surface area (Å²) in [5.41, 5.74) is 0. The average Bonchev–Trinajstić information content (AvgIpc) is 2.87. The molecule has 1 aromatic rings. The summed E-state index contributed by atoms with van der Waals surface area (Å²) in [6.45, 7) is 4.51. The minimum atomic E-state index is -0.453. The van der Waals surface area contributed by atoms with Crippen molar-refractivity contribution in [1.29, 1.82) is 0 Å². The molecule has 0 saturated heterocycles. The molecule has 0 fully saturated rings. The van der Waals surface area contributed by atoms with Crippen molar-refractivity contribution < 1.29 is 14.3 Å². The molecule has 4 nitrogen and oxygen atoms in total. The zero-order valence-electron chi connectivity index (χ0n) is 11.2. The zero-order chi connectivity index (χ0) is 13.1. The van der Waals surface area contributed by atoms with E-state index in [1.165, 1.54) is 25.7 Å². The quantitative estimate of drug-likeness (QED) is 0.596. The Labute approximate surface area is 109 Å². The second kappa shape index (κ2) is 10.1. The van der Waals surface area contributed by atoms with Crippen molar-refractivity contribution in [3.63, 3.8) is 0 Å². The Morgan fingerprint density at radius 1 is 1.39 bits per heavy atom. The van der Waals surface area contributed by atoms with Gasteiger partial charge in [0.05, 0.1) is 19.0 Å². The van der Waals surface area contributed by atoms with Crippen molar-refractivity contribution in [2.45, 2.75) is 45.3 Å². The molecule has 1 heterocycles. The van der Waals surface area contributed by atoms with Crippen LogP contribution in [0.2, 0.25) is 0 Å². The molecule has 104 valence electrons. The molecule has 0 aliphatic carbocycles. The van der Waals surface area contributed by atoms with Crippen LogP contribution in [0.4, 0.5) is 0 Å². The molecule has 4 heteroatoms. The second-order valence-corrected chi connectivity index (χ2v) is 4.51. The highest BCUT2D eigenvalue weighted by molar-refractivity contribution is 4.96. The van der Waals surface area contributed by atoms with E-state index in [9.17, 15) is 5.11 Å². The van der Waals surface area contributed by atoms with Gasteiger partial charge in [-0.25, -0.2) is 0 Å². The minimum absolute atomic E-state index is 0.336. The predicted octanol–water partition coefficient (Wildman–Crippen LogP) is 2.33. The third-order valence-corrected chi connectivity index (χ3v) is 2.72. The standard InChI is InChI=1S/C14H25NO3/c1-2-3-4-5-8-15-10-13(16)11-17-12-14-7-6-9-18-14/h6-7,9,13,15-16H,2-5,8,10-12H2,1H3/t13-/m1/s1. The van der Waals surface area contributed by atoms with Crippen molar-refractivity contribution in [3.05, 3.63) is 24.2 Å². The molecule has 1 atom stereocenters. The maximum absolute atomic E-state index is 9.66. The fourth-order valence-corrected chi connectivity index (χ4v) is 1.69. The first-order valence-electron chi connectivity index (χ1n) is 6.81. The highest BCUT2D eigenvalue weighted by Crippen LogP contribution is 2.02. The van der Waals surface area contributed by atoms with E-state index in [-0.39, 0.29) is 0 Å². The Bertz CT molecular complexity index is 275. The Morgan fingerprint density at radius 2 is 2.28 bits per heavy atom. The number of unbranched alkanes of at least 4 members (excludes halogenated alkanes) is 3. The van der Waals surface area contributed by atoms with Crippen molar-refractivity contribution in [2.24, 2.45) is 0 Å². The molecule has 0 saturated carbocycles. The molecule has 0 aliphatic rings. The lowest BCUT2D eigenvalue weighted by Gasteiger charge is -2.11. The number of rotatable bonds is 11. The van der Waals surface area contributed by atoms with E-state index < -0.39 is 6.10 Å². The molecule has 2 N–H and O–H groups in total. The van der Waals surface area contributed by atoms with Gasteiger partial charge in [0.15, 0.2) is 0 Å². The van der Waals surface area contributed by atoms with Crippen LogP contribution >= 0.6 is 0 Å². The zero-order valence-corrected chi connectivity index (χ0v) is 11.2. The number of aliphatic hydroxyl groups is 1. The molecule has 1 rings (SSSR count). The lowest BCUT2D eigenvalue weighted by atomic mass is 10.2. The van der Waals surface area contributed by atoms with E-state index in [1.807, 2.05) is 12.1 Å². The number of hydrogen-bond donors (Lipinski definition) is 2. The molecule has 18 heavy (non-hydrogen) atoms. The van der Waals surface area contributed by atoms with Gasteiger partial charge in [0, 0.05) is 6.54 Å². The lowest BCUT2D eigenvalue weighted by molar-refractivity contribution is 0.0227. The Hall–Kier alpha value is -0.840. The van der Waals surface area contributed by atoms with Crippen LogP contribution in [0.5, 0.6) is 0 Å². The first-order valence-corrected chi connectivity index (χ1v) is 6.81. The molecule has 0 bridgehead atoms. The van der Waals surface area contributed by atoms with E-state index in [0.29, 0.717) is 19.8 Å². The second-order valence-electron chi connectivity index (χ2n) is 4.51. The summed E-state index contributed by atoms with van der Waals surface area (Å²) in [5.74, 6) is 0.787. The summed E-state index contributed by atoms with van der Waals surface area (Å²) in [4.78, 5) is 0. The first kappa shape index (κ1) is 15.2. The average molecular weight is 255 g/mol. The molecule has 0 amide bonds. The van der Waals surface area contributed by atoms with Crippen molar-refractivity contribution >= 4 is 0 Å². The Kier molecular flexibility index (Phi) is 8.55. The summed E-state index contributed by atoms with van der Waals surface area (Å²) >= 11 is 0. The maximum atomic E-state index is 9.66. The molecule has 0 spiro atoms. The van der Waals surface area contributed by atoms with E-state index in [2.05, 4.69) is 12.2 Å². The largest absolute Gasteiger partial charge is 0.467 e. The van der Waals surface area contributed by atoms with Crippen LogP contribution in [-0.2, 0) is 11.3 Å². The number of hydrogen-bond acceptors (Lipinski definition) is 4. The Balaban J connectivity index is 1.89. The van der Waals surface area contributed by atoms with Crippen molar-refractivity contribution in [1.82, 2.24) is 5.32 Å². The number of furan rings is 1. The number of ether oxygens (including phenoxy) is 1. The van der Waals surface area contributed by atoms with Crippen LogP contribution in [0.3, 0.4) is 0 Å². The normalized spacial score (nSPS) is 12.8. The summed E-state index contributed by atoms with van der Waals surface area (Å²) < 4.78 is 10.5. The van der Waals surface area contributed by atoms with Crippen LogP contribution in [0.25, 0.3) is 0 Å². The van der Waals surface area contributed by atoms with Gasteiger partial charge in [-0.1, -0.05) is 26.2 Å². The van der Waals surface area contributed by atoms with Crippen LogP contribution in [0, 0.1) is 0 Å². The molecule has 0 aliphatic heterocycles. The predicted molar refractivity (Wildman–Crippen MR) is 71.4 cm³/mol. The van der Waals surface area contributed by atoms with Gasteiger partial charge in [0.25, 0.3) is 0 Å². The molecule has 1 aromatic heterocycles. The summed E-state index contributed by atoms with van der Waals surface area (Å²) in [5, 5.41) is 12.9. The fraction of sp³-hybridized carbons (Fsp3) is 0.714. The van der Waals surface area contributed by atoms with Gasteiger partial charge in [0.2, 0.25) is 0 Å². The van der Waals surface area contributed by atoms with E-state index in [0.717, 1.165) is 12.3 Å². The number of aliphatic hydroxyl groups excluding tert-OH is 1. The van der Waals surface area contributed by atoms with Gasteiger partial charge < -0.3 is 19.6 Å². The van der Waals surface area contributed by atoms with E-state index in [4.69, 9.17) is 9.15 Å². The minimum Gasteiger partial charge on any atom is -0.467 e. The molecule has 0 aromatic carbocycles. The maximum Gasteiger partial charge on any atom is 0.129 e. The molecule has 0 radical (unpaired) electrons. The molecule has 0 unspecified atom stereocenters. The highest BCUT2D eigenvalue weighted by Gasteiger charge is 2.04. The van der Waals surface area contributed by atoms with Gasteiger partial charge in [-0.2, -0.15) is 0 Å². The van der Waals surface area contributed by atoms with Crippen molar-refractivity contribution in [2.75, 3.05) is 19.7 Å². The smallest absolute Gasteiger partial charge is 0.129 e. The lowest BCUT2D eigenvalue weighted by Crippen LogP contribution is -2.30. The van der Waals surface area contributed by atoms with Crippen molar-refractivity contribution in [3.8, 4) is 0 Å². The summed E-state index contributed by atoms with van der Waals surface area (Å²) in [7, 11) is 0. The third-order valence-electron chi connectivity index (χ3n) is 2.72. The van der Waals surface area contributed by atoms with Crippen LogP contribution in [0.15, 0.2) is 22.8 Å². The summed E-state index contributed by atoms with van der Waals surface area (Å²) in [6, 6.07) is 3.69. The van der Waals surface area contributed by atoms with E-state index in [1.54, 1.807) is 6.26 Å². The van der Waals surface area contributed by atoms with Gasteiger partial charge in [0.1, 0.15) is 12.4 Å². The third kappa shape index (κ3) is 7.48. The topological polar surface area (TPSA) is 54.6 Å².